The van der Waals surface area contributed by atoms with E-state index < -0.39 is 0 Å². The molecule has 0 spiro atoms. The Bertz CT molecular complexity index is 254. The highest BCUT2D eigenvalue weighted by atomic mass is 127. The first kappa shape index (κ1) is 10.6. The van der Waals surface area contributed by atoms with Gasteiger partial charge in [0.25, 0.3) is 0 Å². The number of fused-ring (bicyclic) bond motifs is 2. The summed E-state index contributed by atoms with van der Waals surface area (Å²) >= 11 is 2.17. The Hall–Kier alpha value is 0.0600. The average Bonchev–Trinajstić information content (AvgIpc) is 2.52. The molecule has 0 aromatic carbocycles. The number of halogens is 1. The number of rotatable bonds is 2. The normalized spacial score (nSPS) is 47.1. The van der Waals surface area contributed by atoms with Crippen molar-refractivity contribution in [1.29, 1.82) is 0 Å². The summed E-state index contributed by atoms with van der Waals surface area (Å²) in [5, 5.41) is 0. The predicted molar refractivity (Wildman–Crippen MR) is 60.3 cm³/mol. The number of carbonyl (C=O) groups is 1. The number of hydrogen-bond acceptors (Lipinski definition) is 3. The van der Waals surface area contributed by atoms with E-state index in [1.54, 1.807) is 0 Å². The Morgan fingerprint density at radius 1 is 1.29 bits per heavy atom. The molecular weight excluding hydrogens is 295 g/mol. The summed E-state index contributed by atoms with van der Waals surface area (Å²) in [7, 11) is 0. The number of aldehydes is 1. The van der Waals surface area contributed by atoms with Crippen LogP contribution in [-0.2, 0) is 14.3 Å². The van der Waals surface area contributed by atoms with Gasteiger partial charge >= 0.3 is 0 Å². The van der Waals surface area contributed by atoms with Crippen molar-refractivity contribution in [2.24, 2.45) is 5.92 Å². The van der Waals surface area contributed by atoms with Crippen LogP contribution in [0.2, 0.25) is 0 Å². The van der Waals surface area contributed by atoms with Crippen molar-refractivity contribution in [3.63, 3.8) is 0 Å². The minimum atomic E-state index is -0.286. The van der Waals surface area contributed by atoms with Gasteiger partial charge in [-0.3, -0.25) is 0 Å². The van der Waals surface area contributed by atoms with Crippen molar-refractivity contribution in [2.45, 2.75) is 37.8 Å². The van der Waals surface area contributed by atoms with Gasteiger partial charge in [0.2, 0.25) is 0 Å². The molecule has 2 rings (SSSR count). The van der Waals surface area contributed by atoms with E-state index in [0.29, 0.717) is 0 Å². The van der Waals surface area contributed by atoms with Crippen LogP contribution in [0, 0.1) is 5.92 Å². The smallest absolute Gasteiger partial charge is 0.149 e. The molecule has 0 unspecified atom stereocenters. The predicted octanol–water partition coefficient (Wildman–Crippen LogP) is 1.70. The third kappa shape index (κ3) is 1.75. The zero-order chi connectivity index (χ0) is 10.1. The Labute approximate surface area is 97.0 Å². The van der Waals surface area contributed by atoms with E-state index in [0.717, 1.165) is 12.7 Å². The zero-order valence-corrected chi connectivity index (χ0v) is 10.1. The highest BCUT2D eigenvalue weighted by molar-refractivity contribution is 14.1. The maximum atomic E-state index is 10.8. The summed E-state index contributed by atoms with van der Waals surface area (Å²) in [5.41, 5.74) is 0. The number of ether oxygens (including phenoxy) is 2. The van der Waals surface area contributed by atoms with Crippen molar-refractivity contribution in [3.8, 4) is 0 Å². The van der Waals surface area contributed by atoms with Crippen LogP contribution >= 0.6 is 22.6 Å². The van der Waals surface area contributed by atoms with Gasteiger partial charge in [-0.05, 0) is 10.2 Å². The van der Waals surface area contributed by atoms with Gasteiger partial charge in [-0.2, -0.15) is 0 Å². The molecule has 0 aliphatic carbocycles. The third-order valence-corrected chi connectivity index (χ3v) is 3.41. The third-order valence-electron chi connectivity index (χ3n) is 3.00. The van der Waals surface area contributed by atoms with Gasteiger partial charge < -0.3 is 14.3 Å². The molecule has 2 fully saturated rings. The molecule has 78 valence electrons. The fourth-order valence-corrected chi connectivity index (χ4v) is 2.52. The van der Waals surface area contributed by atoms with Crippen LogP contribution in [-0.4, -0.2) is 30.7 Å². The summed E-state index contributed by atoms with van der Waals surface area (Å²) in [4.78, 5) is 10.8. The number of carbonyl (C=O) groups excluding carboxylic acids is 1. The molecular formula is C10H13IO3. The molecule has 2 aliphatic heterocycles. The van der Waals surface area contributed by atoms with Crippen LogP contribution in [0.4, 0.5) is 0 Å². The molecule has 0 radical (unpaired) electrons. The first-order chi connectivity index (χ1) is 6.76. The first-order valence-electron chi connectivity index (χ1n) is 4.79. The van der Waals surface area contributed by atoms with Crippen molar-refractivity contribution in [1.82, 2.24) is 0 Å². The highest BCUT2D eigenvalue weighted by Crippen LogP contribution is 2.36. The van der Waals surface area contributed by atoms with Crippen LogP contribution in [0.15, 0.2) is 10.2 Å². The molecule has 2 bridgehead atoms. The molecule has 0 amide bonds. The standard InChI is InChI=1S/C10H13IO3/c1-6-8-4-9(14-10(6)5-12)7(13-8)2-3-11/h2-3,5-10H,4H2,1H3/b3-2+/t6-,7-,8-,9-,10+/m1/s1. The Morgan fingerprint density at radius 2 is 2.00 bits per heavy atom. The molecule has 3 nitrogen and oxygen atoms in total. The second kappa shape index (κ2) is 4.28. The summed E-state index contributed by atoms with van der Waals surface area (Å²) < 4.78 is 13.4. The van der Waals surface area contributed by atoms with Gasteiger partial charge in [-0.25, -0.2) is 0 Å². The molecule has 2 heterocycles. The van der Waals surface area contributed by atoms with E-state index in [4.69, 9.17) is 9.47 Å². The first-order valence-corrected chi connectivity index (χ1v) is 6.04. The molecule has 4 heteroatoms. The van der Waals surface area contributed by atoms with Crippen LogP contribution < -0.4 is 0 Å². The lowest BCUT2D eigenvalue weighted by Crippen LogP contribution is -2.39. The van der Waals surface area contributed by atoms with Crippen molar-refractivity contribution in [3.05, 3.63) is 10.2 Å². The van der Waals surface area contributed by atoms with Gasteiger partial charge in [0, 0.05) is 12.3 Å². The van der Waals surface area contributed by atoms with Crippen LogP contribution in [0.3, 0.4) is 0 Å². The van der Waals surface area contributed by atoms with Gasteiger partial charge in [-0.15, -0.1) is 0 Å². The van der Waals surface area contributed by atoms with Crippen LogP contribution in [0.1, 0.15) is 13.3 Å². The Morgan fingerprint density at radius 3 is 2.64 bits per heavy atom. The van der Waals surface area contributed by atoms with Gasteiger partial charge in [0.1, 0.15) is 18.5 Å². The number of hydrogen-bond donors (Lipinski definition) is 0. The highest BCUT2D eigenvalue weighted by Gasteiger charge is 2.45. The molecule has 0 saturated carbocycles. The van der Waals surface area contributed by atoms with E-state index in [1.807, 2.05) is 17.1 Å². The Kier molecular flexibility index (Phi) is 3.23. The fourth-order valence-electron chi connectivity index (χ4n) is 2.11. The second-order valence-electron chi connectivity index (χ2n) is 3.83. The van der Waals surface area contributed by atoms with Gasteiger partial charge in [0.05, 0.1) is 12.2 Å². The summed E-state index contributed by atoms with van der Waals surface area (Å²) in [5.74, 6) is 0.177. The lowest BCUT2D eigenvalue weighted by molar-refractivity contribution is -0.130. The van der Waals surface area contributed by atoms with Crippen molar-refractivity contribution < 1.29 is 14.3 Å². The van der Waals surface area contributed by atoms with Crippen molar-refractivity contribution >= 4 is 28.9 Å². The molecule has 2 aliphatic rings. The molecule has 2 saturated heterocycles. The summed E-state index contributed by atoms with van der Waals surface area (Å²) in [6.07, 6.45) is 3.79. The summed E-state index contributed by atoms with van der Waals surface area (Å²) in [6, 6.07) is 0. The van der Waals surface area contributed by atoms with Crippen molar-refractivity contribution in [2.75, 3.05) is 0 Å². The molecule has 0 aromatic heterocycles. The monoisotopic (exact) mass is 308 g/mol. The van der Waals surface area contributed by atoms with Crippen LogP contribution in [0.5, 0.6) is 0 Å². The quantitative estimate of drug-likeness (QED) is 0.575. The van der Waals surface area contributed by atoms with E-state index in [1.165, 1.54) is 0 Å². The lowest BCUT2D eigenvalue weighted by Gasteiger charge is -2.29. The van der Waals surface area contributed by atoms with Gasteiger partial charge in [0.15, 0.2) is 0 Å². The van der Waals surface area contributed by atoms with E-state index in [9.17, 15) is 4.79 Å². The maximum absolute atomic E-state index is 10.8. The van der Waals surface area contributed by atoms with E-state index >= 15 is 0 Å². The lowest BCUT2D eigenvalue weighted by atomic mass is 9.92. The molecule has 0 aromatic rings. The largest absolute Gasteiger partial charge is 0.368 e. The van der Waals surface area contributed by atoms with E-state index in [2.05, 4.69) is 22.6 Å². The summed E-state index contributed by atoms with van der Waals surface area (Å²) in [6.45, 7) is 2.01. The van der Waals surface area contributed by atoms with Crippen LogP contribution in [0.25, 0.3) is 0 Å². The molecule has 14 heavy (non-hydrogen) atoms. The Balaban J connectivity index is 2.11. The molecule has 0 N–H and O–H groups in total. The second-order valence-corrected chi connectivity index (χ2v) is 4.55. The van der Waals surface area contributed by atoms with Gasteiger partial charge in [-0.1, -0.05) is 29.5 Å². The minimum absolute atomic E-state index is 0.0318. The minimum Gasteiger partial charge on any atom is -0.368 e. The zero-order valence-electron chi connectivity index (χ0n) is 7.93. The SMILES string of the molecule is C[C@H]1[C@H](C=O)O[C@@H]2C[C@H]1O[C@@H]2/C=C/I. The fraction of sp³-hybridized carbons (Fsp3) is 0.700. The van der Waals surface area contributed by atoms with E-state index in [-0.39, 0.29) is 30.3 Å². The maximum Gasteiger partial charge on any atom is 0.149 e. The topological polar surface area (TPSA) is 35.5 Å². The molecule has 5 atom stereocenters. The average molecular weight is 308 g/mol.